The highest BCUT2D eigenvalue weighted by atomic mass is 32.2. The molecule has 1 fully saturated rings. The molecule has 0 saturated carbocycles. The molecule has 142 valence electrons. The second-order valence-corrected chi connectivity index (χ2v) is 8.05. The maximum atomic E-state index is 12.7. The van der Waals surface area contributed by atoms with Gasteiger partial charge >= 0.3 is 0 Å². The van der Waals surface area contributed by atoms with Crippen molar-refractivity contribution >= 4 is 10.2 Å². The molecule has 0 spiro atoms. The third-order valence-electron chi connectivity index (χ3n) is 4.65. The number of rotatable bonds is 7. The van der Waals surface area contributed by atoms with E-state index >= 15 is 0 Å². The van der Waals surface area contributed by atoms with E-state index in [0.717, 1.165) is 5.69 Å². The van der Waals surface area contributed by atoms with Crippen LogP contribution < -0.4 is 0 Å². The van der Waals surface area contributed by atoms with Gasteiger partial charge in [0.2, 0.25) is 11.7 Å². The monoisotopic (exact) mass is 380 g/mol. The van der Waals surface area contributed by atoms with Gasteiger partial charge in [-0.15, -0.1) is 0 Å². The quantitative estimate of drug-likeness (QED) is 0.716. The van der Waals surface area contributed by atoms with Crippen LogP contribution in [0.4, 0.5) is 0 Å². The van der Waals surface area contributed by atoms with Gasteiger partial charge in [0, 0.05) is 44.7 Å². The molecule has 10 heteroatoms. The third kappa shape index (κ3) is 3.49. The van der Waals surface area contributed by atoms with Gasteiger partial charge in [-0.25, -0.2) is 9.97 Å². The Morgan fingerprint density at radius 3 is 2.73 bits per heavy atom. The molecule has 26 heavy (non-hydrogen) atoms. The van der Waals surface area contributed by atoms with Crippen molar-refractivity contribution in [1.82, 2.24) is 28.7 Å². The van der Waals surface area contributed by atoms with Gasteiger partial charge < -0.3 is 4.52 Å². The van der Waals surface area contributed by atoms with Crippen LogP contribution in [-0.2, 0) is 16.6 Å². The van der Waals surface area contributed by atoms with Crippen LogP contribution >= 0.6 is 0 Å². The molecule has 1 unspecified atom stereocenters. The van der Waals surface area contributed by atoms with Gasteiger partial charge in [0.1, 0.15) is 6.33 Å². The maximum Gasteiger partial charge on any atom is 0.281 e. The summed E-state index contributed by atoms with van der Waals surface area (Å²) >= 11 is 0. The van der Waals surface area contributed by atoms with Crippen molar-refractivity contribution in [3.05, 3.63) is 24.1 Å². The smallest absolute Gasteiger partial charge is 0.281 e. The molecule has 0 bridgehead atoms. The van der Waals surface area contributed by atoms with Crippen molar-refractivity contribution < 1.29 is 12.9 Å². The van der Waals surface area contributed by atoms with Crippen molar-refractivity contribution in [3.8, 4) is 11.4 Å². The highest BCUT2D eigenvalue weighted by Crippen LogP contribution is 2.33. The van der Waals surface area contributed by atoms with Crippen molar-refractivity contribution in [2.24, 2.45) is 0 Å². The van der Waals surface area contributed by atoms with E-state index in [1.165, 1.54) is 14.9 Å². The van der Waals surface area contributed by atoms with Crippen LogP contribution in [0.1, 0.15) is 44.7 Å². The first kappa shape index (κ1) is 18.9. The molecule has 1 aliphatic heterocycles. The number of hydrogen-bond acceptors (Lipinski definition) is 7. The normalized spacial score (nSPS) is 18.7. The maximum absolute atomic E-state index is 12.7. The molecule has 0 aromatic carbocycles. The van der Waals surface area contributed by atoms with Gasteiger partial charge in [-0.2, -0.15) is 22.0 Å². The van der Waals surface area contributed by atoms with E-state index in [-0.39, 0.29) is 5.92 Å². The summed E-state index contributed by atoms with van der Waals surface area (Å²) < 4.78 is 33.7. The average molecular weight is 380 g/mol. The minimum absolute atomic E-state index is 0.0260. The molecule has 2 aromatic heterocycles. The summed E-state index contributed by atoms with van der Waals surface area (Å²) in [6.45, 7) is 7.41. The average Bonchev–Trinajstić information content (AvgIpc) is 3.32. The van der Waals surface area contributed by atoms with Gasteiger partial charge in [0.15, 0.2) is 0 Å². The first-order valence-electron chi connectivity index (χ1n) is 8.89. The van der Waals surface area contributed by atoms with E-state index in [1.807, 2.05) is 20.8 Å². The number of aromatic nitrogens is 4. The molecule has 0 aliphatic carbocycles. The van der Waals surface area contributed by atoms with Crippen LogP contribution in [0.5, 0.6) is 0 Å². The zero-order valence-electron chi connectivity index (χ0n) is 15.3. The molecule has 0 N–H and O–H groups in total. The van der Waals surface area contributed by atoms with Gasteiger partial charge in [-0.3, -0.25) is 0 Å². The van der Waals surface area contributed by atoms with Gasteiger partial charge in [-0.05, 0) is 6.42 Å². The second kappa shape index (κ2) is 7.77. The van der Waals surface area contributed by atoms with Crippen molar-refractivity contribution in [2.45, 2.75) is 39.5 Å². The highest BCUT2D eigenvalue weighted by molar-refractivity contribution is 7.86. The predicted octanol–water partition coefficient (Wildman–Crippen LogP) is 1.46. The summed E-state index contributed by atoms with van der Waals surface area (Å²) in [7, 11) is -3.45. The fraction of sp³-hybridized carbons (Fsp3) is 0.625. The van der Waals surface area contributed by atoms with Crippen LogP contribution in [0.15, 0.2) is 17.0 Å². The highest BCUT2D eigenvalue weighted by Gasteiger charge is 2.36. The van der Waals surface area contributed by atoms with Crippen LogP contribution in [0.2, 0.25) is 0 Å². The fourth-order valence-electron chi connectivity index (χ4n) is 3.22. The van der Waals surface area contributed by atoms with Crippen LogP contribution in [0.25, 0.3) is 11.4 Å². The van der Waals surface area contributed by atoms with Gasteiger partial charge in [0.25, 0.3) is 10.2 Å². The summed E-state index contributed by atoms with van der Waals surface area (Å²) in [5.74, 6) is 0.969. The molecule has 2 aromatic rings. The molecule has 1 atom stereocenters. The number of nitrogens with zero attached hydrogens (tertiary/aromatic N) is 6. The minimum Gasteiger partial charge on any atom is -0.339 e. The molecule has 3 heterocycles. The summed E-state index contributed by atoms with van der Waals surface area (Å²) in [6, 6.07) is 0. The van der Waals surface area contributed by atoms with Crippen LogP contribution in [0.3, 0.4) is 0 Å². The summed E-state index contributed by atoms with van der Waals surface area (Å²) in [4.78, 5) is 12.8. The largest absolute Gasteiger partial charge is 0.339 e. The van der Waals surface area contributed by atoms with Gasteiger partial charge in [0.05, 0.1) is 11.3 Å². The fourth-order valence-corrected chi connectivity index (χ4v) is 4.90. The first-order chi connectivity index (χ1) is 12.5. The lowest BCUT2D eigenvalue weighted by Crippen LogP contribution is -2.42. The Labute approximate surface area is 153 Å². The Morgan fingerprint density at radius 2 is 2.08 bits per heavy atom. The van der Waals surface area contributed by atoms with Crippen molar-refractivity contribution in [2.75, 3.05) is 26.2 Å². The lowest BCUT2D eigenvalue weighted by atomic mass is 10.00. The van der Waals surface area contributed by atoms with E-state index in [4.69, 9.17) is 4.52 Å². The molecule has 1 aliphatic rings. The van der Waals surface area contributed by atoms with Crippen molar-refractivity contribution in [1.29, 1.82) is 0 Å². The Bertz CT molecular complexity index is 849. The molecule has 3 rings (SSSR count). The summed E-state index contributed by atoms with van der Waals surface area (Å²) in [5.41, 5.74) is 1.46. The van der Waals surface area contributed by atoms with Gasteiger partial charge in [-0.1, -0.05) is 25.9 Å². The minimum atomic E-state index is -3.45. The Hall–Kier alpha value is -1.91. The molecule has 9 nitrogen and oxygen atoms in total. The summed E-state index contributed by atoms with van der Waals surface area (Å²) in [6.07, 6.45) is 4.48. The molecule has 0 amide bonds. The van der Waals surface area contributed by atoms with E-state index in [9.17, 15) is 8.42 Å². The lowest BCUT2D eigenvalue weighted by molar-refractivity contribution is 0.377. The first-order valence-corrected chi connectivity index (χ1v) is 10.3. The van der Waals surface area contributed by atoms with Crippen LogP contribution in [0, 0.1) is 0 Å². The predicted molar refractivity (Wildman–Crippen MR) is 95.5 cm³/mol. The van der Waals surface area contributed by atoms with E-state index < -0.39 is 10.2 Å². The second-order valence-electron chi connectivity index (χ2n) is 6.12. The third-order valence-corrected chi connectivity index (χ3v) is 6.80. The topological polar surface area (TPSA) is 105 Å². The number of aryl methyl sites for hydroxylation is 1. The van der Waals surface area contributed by atoms with E-state index in [1.54, 1.807) is 6.20 Å². The number of hydrogen-bond donors (Lipinski definition) is 0. The zero-order valence-corrected chi connectivity index (χ0v) is 16.1. The molecule has 1 saturated heterocycles. The van der Waals surface area contributed by atoms with Crippen LogP contribution in [-0.4, -0.2) is 63.3 Å². The molecule has 0 radical (unpaired) electrons. The standard InChI is InChI=1S/C16H24N6O3S/c1-4-14-19-16(20-25-14)13-9-17-11-18-15(13)12-7-8-22(10-12)26(23,24)21(5-2)6-3/h9,11-12H,4-8,10H2,1-3H3. The summed E-state index contributed by atoms with van der Waals surface area (Å²) in [5, 5.41) is 4.01. The SMILES string of the molecule is CCc1nc(-c2cncnc2C2CCN(S(=O)(=O)N(CC)CC)C2)no1. The Kier molecular flexibility index (Phi) is 5.64. The Morgan fingerprint density at radius 1 is 1.31 bits per heavy atom. The lowest BCUT2D eigenvalue weighted by Gasteiger charge is -2.25. The molecular weight excluding hydrogens is 356 g/mol. The zero-order chi connectivity index (χ0) is 18.7. The van der Waals surface area contributed by atoms with Crippen molar-refractivity contribution in [3.63, 3.8) is 0 Å². The van der Waals surface area contributed by atoms with E-state index in [2.05, 4.69) is 20.1 Å². The molecular formula is C16H24N6O3S. The Balaban J connectivity index is 1.86. The van der Waals surface area contributed by atoms with E-state index in [0.29, 0.717) is 56.3 Å².